The fourth-order valence-corrected chi connectivity index (χ4v) is 3.47. The minimum atomic E-state index is -3.61. The van der Waals surface area contributed by atoms with Gasteiger partial charge in [0.05, 0.1) is 0 Å². The lowest BCUT2D eigenvalue weighted by atomic mass is 10.1. The monoisotopic (exact) mass is 300 g/mol. The first-order valence-corrected chi connectivity index (χ1v) is 8.07. The molecule has 4 N–H and O–H groups in total. The Morgan fingerprint density at radius 1 is 1.55 bits per heavy atom. The van der Waals surface area contributed by atoms with Gasteiger partial charge in [-0.25, -0.2) is 13.1 Å². The van der Waals surface area contributed by atoms with Crippen LogP contribution in [0.2, 0.25) is 0 Å². The van der Waals surface area contributed by atoms with Gasteiger partial charge in [0.2, 0.25) is 10.0 Å². The van der Waals surface area contributed by atoms with Crippen LogP contribution >= 0.6 is 0 Å². The Kier molecular flexibility index (Phi) is 4.46. The van der Waals surface area contributed by atoms with E-state index in [2.05, 4.69) is 10.0 Å². The third-order valence-corrected chi connectivity index (χ3v) is 4.87. The Balaban J connectivity index is 2.06. The molecular formula is C12H20N4O3S. The van der Waals surface area contributed by atoms with Gasteiger partial charge in [0.25, 0.3) is 5.91 Å². The average molecular weight is 300 g/mol. The number of amides is 1. The van der Waals surface area contributed by atoms with E-state index < -0.39 is 15.9 Å². The van der Waals surface area contributed by atoms with Crippen LogP contribution in [0, 0.1) is 0 Å². The topological polar surface area (TPSA) is 106 Å². The zero-order valence-corrected chi connectivity index (χ0v) is 12.2. The molecule has 20 heavy (non-hydrogen) atoms. The fourth-order valence-electron chi connectivity index (χ4n) is 2.32. The van der Waals surface area contributed by atoms with E-state index in [1.54, 1.807) is 7.05 Å². The van der Waals surface area contributed by atoms with Crippen molar-refractivity contribution in [1.29, 1.82) is 0 Å². The van der Waals surface area contributed by atoms with Gasteiger partial charge < -0.3 is 15.6 Å². The molecule has 1 amide bonds. The molecule has 8 heteroatoms. The number of primary amides is 1. The number of carbonyl (C=O) groups excluding carboxylic acids is 1. The van der Waals surface area contributed by atoms with Crippen molar-refractivity contribution < 1.29 is 13.2 Å². The Labute approximate surface area is 118 Å². The van der Waals surface area contributed by atoms with Crippen LogP contribution < -0.4 is 15.8 Å². The Morgan fingerprint density at radius 3 is 2.85 bits per heavy atom. The van der Waals surface area contributed by atoms with E-state index in [1.165, 1.54) is 16.8 Å². The van der Waals surface area contributed by atoms with E-state index in [9.17, 15) is 13.2 Å². The highest BCUT2D eigenvalue weighted by Gasteiger charge is 2.21. The molecule has 112 valence electrons. The molecule has 1 aliphatic heterocycles. The van der Waals surface area contributed by atoms with Crippen molar-refractivity contribution in [1.82, 2.24) is 14.6 Å². The predicted molar refractivity (Wildman–Crippen MR) is 74.8 cm³/mol. The molecule has 1 aromatic rings. The number of aryl methyl sites for hydroxylation is 1. The summed E-state index contributed by atoms with van der Waals surface area (Å²) in [5.74, 6) is -0.650. The molecule has 2 rings (SSSR count). The van der Waals surface area contributed by atoms with E-state index in [-0.39, 0.29) is 16.6 Å². The summed E-state index contributed by atoms with van der Waals surface area (Å²) in [6.45, 7) is 1.27. The summed E-state index contributed by atoms with van der Waals surface area (Å²) in [6.07, 6.45) is 4.58. The van der Waals surface area contributed by atoms with Crippen LogP contribution in [0.4, 0.5) is 0 Å². The number of aromatic nitrogens is 1. The minimum Gasteiger partial charge on any atom is -0.364 e. The number of piperidine rings is 1. The van der Waals surface area contributed by atoms with Crippen LogP contribution in [-0.4, -0.2) is 38.0 Å². The third-order valence-electron chi connectivity index (χ3n) is 3.47. The number of nitrogens with two attached hydrogens (primary N) is 1. The summed E-state index contributed by atoms with van der Waals surface area (Å²) < 4.78 is 28.3. The average Bonchev–Trinajstić information content (AvgIpc) is 2.81. The van der Waals surface area contributed by atoms with Gasteiger partial charge in [0, 0.05) is 25.8 Å². The lowest BCUT2D eigenvalue weighted by Crippen LogP contribution is -2.43. The molecule has 1 fully saturated rings. The molecule has 7 nitrogen and oxygen atoms in total. The number of rotatable bonds is 5. The molecule has 2 heterocycles. The van der Waals surface area contributed by atoms with Crippen molar-refractivity contribution >= 4 is 15.9 Å². The summed E-state index contributed by atoms with van der Waals surface area (Å²) in [7, 11) is -2.03. The van der Waals surface area contributed by atoms with Gasteiger partial charge in [0.15, 0.2) is 0 Å². The van der Waals surface area contributed by atoms with Crippen LogP contribution in [0.15, 0.2) is 17.2 Å². The number of hydrogen-bond acceptors (Lipinski definition) is 4. The van der Waals surface area contributed by atoms with Crippen LogP contribution in [0.1, 0.15) is 29.8 Å². The second-order valence-corrected chi connectivity index (χ2v) is 6.80. The van der Waals surface area contributed by atoms with Crippen LogP contribution in [0.3, 0.4) is 0 Å². The molecule has 1 aliphatic rings. The number of nitrogens with one attached hydrogen (secondary N) is 2. The zero-order chi connectivity index (χ0) is 14.8. The fraction of sp³-hybridized carbons (Fsp3) is 0.583. The van der Waals surface area contributed by atoms with Crippen LogP contribution in [0.5, 0.6) is 0 Å². The number of carbonyl (C=O) groups is 1. The Bertz CT molecular complexity index is 588. The van der Waals surface area contributed by atoms with Crippen molar-refractivity contribution in [2.24, 2.45) is 12.8 Å². The van der Waals surface area contributed by atoms with E-state index in [0.717, 1.165) is 25.8 Å². The highest BCUT2D eigenvalue weighted by Crippen LogP contribution is 2.13. The quantitative estimate of drug-likeness (QED) is 0.684. The van der Waals surface area contributed by atoms with E-state index >= 15 is 0 Å². The van der Waals surface area contributed by atoms with Crippen molar-refractivity contribution in [2.75, 3.05) is 13.1 Å². The first kappa shape index (κ1) is 15.0. The summed E-state index contributed by atoms with van der Waals surface area (Å²) in [6, 6.07) is 1.46. The largest absolute Gasteiger partial charge is 0.364 e. The maximum Gasteiger partial charge on any atom is 0.265 e. The highest BCUT2D eigenvalue weighted by molar-refractivity contribution is 7.89. The van der Waals surface area contributed by atoms with E-state index in [1.807, 2.05) is 0 Å². The van der Waals surface area contributed by atoms with Crippen molar-refractivity contribution in [2.45, 2.75) is 30.2 Å². The summed E-state index contributed by atoms with van der Waals surface area (Å²) >= 11 is 0. The maximum atomic E-state index is 12.2. The summed E-state index contributed by atoms with van der Waals surface area (Å²) in [5.41, 5.74) is 5.34. The molecular weight excluding hydrogens is 280 g/mol. The second kappa shape index (κ2) is 5.94. The number of sulfonamides is 1. The molecule has 0 bridgehead atoms. The Morgan fingerprint density at radius 2 is 2.30 bits per heavy atom. The molecule has 0 aliphatic carbocycles. The minimum absolute atomic E-state index is 0.0598. The predicted octanol–water partition coefficient (Wildman–Crippen LogP) is -0.456. The van der Waals surface area contributed by atoms with Gasteiger partial charge in [-0.05, 0) is 25.5 Å². The van der Waals surface area contributed by atoms with Gasteiger partial charge in [-0.2, -0.15) is 0 Å². The molecule has 0 unspecified atom stereocenters. The molecule has 0 radical (unpaired) electrons. The van der Waals surface area contributed by atoms with Crippen molar-refractivity contribution in [3.8, 4) is 0 Å². The van der Waals surface area contributed by atoms with Crippen molar-refractivity contribution in [3.63, 3.8) is 0 Å². The van der Waals surface area contributed by atoms with Crippen LogP contribution in [-0.2, 0) is 17.1 Å². The van der Waals surface area contributed by atoms with Crippen molar-refractivity contribution in [3.05, 3.63) is 18.0 Å². The molecule has 0 saturated carbocycles. The van der Waals surface area contributed by atoms with Gasteiger partial charge in [-0.1, -0.05) is 6.42 Å². The smallest absolute Gasteiger partial charge is 0.265 e. The lowest BCUT2D eigenvalue weighted by molar-refractivity contribution is 0.0992. The molecule has 1 atom stereocenters. The van der Waals surface area contributed by atoms with Crippen LogP contribution in [0.25, 0.3) is 0 Å². The molecule has 1 aromatic heterocycles. The molecule has 0 aromatic carbocycles. The summed E-state index contributed by atoms with van der Waals surface area (Å²) in [4.78, 5) is 11.2. The summed E-state index contributed by atoms with van der Waals surface area (Å²) in [5, 5.41) is 3.27. The van der Waals surface area contributed by atoms with Gasteiger partial charge in [-0.15, -0.1) is 0 Å². The van der Waals surface area contributed by atoms with Gasteiger partial charge in [0.1, 0.15) is 10.6 Å². The lowest BCUT2D eigenvalue weighted by Gasteiger charge is -2.23. The molecule has 1 saturated heterocycles. The van der Waals surface area contributed by atoms with E-state index in [4.69, 9.17) is 5.73 Å². The van der Waals surface area contributed by atoms with E-state index in [0.29, 0.717) is 6.54 Å². The second-order valence-electron chi connectivity index (χ2n) is 5.03. The highest BCUT2D eigenvalue weighted by atomic mass is 32.2. The first-order valence-electron chi connectivity index (χ1n) is 6.59. The Hall–Kier alpha value is -1.38. The van der Waals surface area contributed by atoms with Gasteiger partial charge in [-0.3, -0.25) is 4.79 Å². The standard InChI is InChI=1S/C12H20N4O3S/c1-16-8-10(6-11(16)12(13)17)20(18,19)15-7-9-4-2-3-5-14-9/h6,8-9,14-15H,2-5,7H2,1H3,(H2,13,17)/t9-/m0/s1. The SMILES string of the molecule is Cn1cc(S(=O)(=O)NC[C@@H]2CCCCN2)cc1C(N)=O. The van der Waals surface area contributed by atoms with Gasteiger partial charge >= 0.3 is 0 Å². The normalized spacial score (nSPS) is 19.9. The third kappa shape index (κ3) is 3.38. The zero-order valence-electron chi connectivity index (χ0n) is 11.4. The maximum absolute atomic E-state index is 12.2. The number of hydrogen-bond donors (Lipinski definition) is 3. The number of nitrogens with zero attached hydrogens (tertiary/aromatic N) is 1. The molecule has 0 spiro atoms. The first-order chi connectivity index (χ1) is 9.40.